The molecular weight excluding hydrogens is 432 g/mol. The number of benzene rings is 2. The number of hydrogen-bond acceptors (Lipinski definition) is 8. The summed E-state index contributed by atoms with van der Waals surface area (Å²) in [5, 5.41) is 36.8. The maximum atomic E-state index is 12.6. The first-order chi connectivity index (χ1) is 16.4. The van der Waals surface area contributed by atoms with Gasteiger partial charge in [-0.3, -0.25) is 9.36 Å². The Morgan fingerprint density at radius 2 is 1.53 bits per heavy atom. The minimum Gasteiger partial charge on any atom is -0.493 e. The molecule has 1 N–H and O–H groups in total. The maximum Gasteiger partial charge on any atom is 0.271 e. The zero-order valence-corrected chi connectivity index (χ0v) is 19.3. The van der Waals surface area contributed by atoms with Crippen LogP contribution in [0.25, 0.3) is 0 Å². The van der Waals surface area contributed by atoms with E-state index in [4.69, 9.17) is 4.74 Å². The minimum atomic E-state index is -0.561. The third-order valence-corrected chi connectivity index (χ3v) is 4.90. The summed E-state index contributed by atoms with van der Waals surface area (Å²) in [7, 11) is 0. The highest BCUT2D eigenvalue weighted by Gasteiger charge is 2.19. The first-order valence-corrected chi connectivity index (χ1v) is 10.9. The molecule has 0 fully saturated rings. The lowest BCUT2D eigenvalue weighted by molar-refractivity contribution is 0.0744. The van der Waals surface area contributed by atoms with E-state index in [0.29, 0.717) is 24.4 Å². The van der Waals surface area contributed by atoms with Crippen LogP contribution in [0.1, 0.15) is 31.4 Å². The Morgan fingerprint density at radius 3 is 2.09 bits per heavy atom. The number of ether oxygens (including phenoxy) is 1. The fraction of sp³-hybridized carbons (Fsp3) is 0.280. The summed E-state index contributed by atoms with van der Waals surface area (Å²) < 4.78 is 6.63. The predicted molar refractivity (Wildman–Crippen MR) is 129 cm³/mol. The number of aromatic nitrogens is 1. The molecule has 0 radical (unpaired) electrons. The van der Waals surface area contributed by atoms with Gasteiger partial charge in [-0.15, -0.1) is 5.11 Å². The van der Waals surface area contributed by atoms with Crippen LogP contribution in [0.15, 0.2) is 79.8 Å². The molecule has 0 bridgehead atoms. The van der Waals surface area contributed by atoms with Crippen LogP contribution >= 0.6 is 0 Å². The first-order valence-electron chi connectivity index (χ1n) is 10.9. The van der Waals surface area contributed by atoms with Crippen molar-refractivity contribution >= 4 is 22.7 Å². The number of nitrogens with zero attached hydrogens (tertiary/aromatic N) is 6. The summed E-state index contributed by atoms with van der Waals surface area (Å²) in [5.41, 5.74) is 1.62. The highest BCUT2D eigenvalue weighted by atomic mass is 16.5. The third kappa shape index (κ3) is 6.21. The average molecular weight is 459 g/mol. The molecule has 9 nitrogen and oxygen atoms in total. The fourth-order valence-electron chi connectivity index (χ4n) is 3.11. The van der Waals surface area contributed by atoms with Crippen LogP contribution in [0.4, 0.5) is 22.7 Å². The lowest BCUT2D eigenvalue weighted by Crippen LogP contribution is -2.24. The molecule has 0 unspecified atom stereocenters. The van der Waals surface area contributed by atoms with Gasteiger partial charge in [0.15, 0.2) is 5.69 Å². The zero-order chi connectivity index (χ0) is 24.5. The summed E-state index contributed by atoms with van der Waals surface area (Å²) in [6.45, 7) is 6.01. The zero-order valence-electron chi connectivity index (χ0n) is 19.3. The molecule has 1 heterocycles. The monoisotopic (exact) mass is 458 g/mol. The lowest BCUT2D eigenvalue weighted by Gasteiger charge is -2.13. The molecule has 0 spiro atoms. The summed E-state index contributed by atoms with van der Waals surface area (Å²) in [4.78, 5) is 12.6. The summed E-state index contributed by atoms with van der Waals surface area (Å²) in [6.07, 6.45) is 0.559. The van der Waals surface area contributed by atoms with Crippen LogP contribution in [0.5, 0.6) is 5.88 Å². The van der Waals surface area contributed by atoms with Gasteiger partial charge in [0, 0.05) is 18.7 Å². The van der Waals surface area contributed by atoms with Crippen LogP contribution < -0.4 is 5.56 Å². The number of aromatic hydroxyl groups is 1. The average Bonchev–Trinajstić information content (AvgIpc) is 2.83. The van der Waals surface area contributed by atoms with Crippen LogP contribution in [0.2, 0.25) is 0 Å². The number of azo groups is 2. The molecule has 34 heavy (non-hydrogen) atoms. The predicted octanol–water partition coefficient (Wildman–Crippen LogP) is 6.38. The topological polar surface area (TPSA) is 125 Å². The molecule has 9 heteroatoms. The van der Waals surface area contributed by atoms with Gasteiger partial charge in [0.05, 0.1) is 23.2 Å². The van der Waals surface area contributed by atoms with E-state index in [1.54, 1.807) is 31.2 Å². The second-order valence-electron chi connectivity index (χ2n) is 7.77. The second kappa shape index (κ2) is 11.6. The van der Waals surface area contributed by atoms with E-state index in [0.717, 1.165) is 10.3 Å². The van der Waals surface area contributed by atoms with Crippen molar-refractivity contribution in [3.8, 4) is 11.9 Å². The van der Waals surface area contributed by atoms with Crippen molar-refractivity contribution in [2.45, 2.75) is 39.8 Å². The minimum absolute atomic E-state index is 0.0635. The first kappa shape index (κ1) is 24.5. The van der Waals surface area contributed by atoms with Crippen molar-refractivity contribution in [3.63, 3.8) is 0 Å². The highest BCUT2D eigenvalue weighted by Crippen LogP contribution is 2.32. The Balaban J connectivity index is 1.81. The van der Waals surface area contributed by atoms with Crippen LogP contribution in [-0.2, 0) is 11.3 Å². The SMILES string of the molecule is Cc1c(N=Nc2ccc(N=Nc3ccccc3)cc2)c(O)n(CCCOC(C)C)c(=O)c1C#N. The number of rotatable bonds is 9. The van der Waals surface area contributed by atoms with E-state index in [9.17, 15) is 15.2 Å². The Labute approximate surface area is 197 Å². The molecule has 0 atom stereocenters. The van der Waals surface area contributed by atoms with E-state index < -0.39 is 5.56 Å². The van der Waals surface area contributed by atoms with Gasteiger partial charge < -0.3 is 9.84 Å². The van der Waals surface area contributed by atoms with E-state index in [1.165, 1.54) is 0 Å². The van der Waals surface area contributed by atoms with Crippen molar-refractivity contribution in [2.24, 2.45) is 20.5 Å². The largest absolute Gasteiger partial charge is 0.493 e. The van der Waals surface area contributed by atoms with Gasteiger partial charge in [0.2, 0.25) is 5.88 Å². The second-order valence-corrected chi connectivity index (χ2v) is 7.77. The number of hydrogen-bond donors (Lipinski definition) is 1. The van der Waals surface area contributed by atoms with Gasteiger partial charge in [0.1, 0.15) is 11.6 Å². The molecule has 3 aromatic rings. The molecule has 0 aliphatic rings. The Hall–Kier alpha value is -4.16. The Morgan fingerprint density at radius 1 is 0.971 bits per heavy atom. The summed E-state index contributed by atoms with van der Waals surface area (Å²) in [5.74, 6) is -0.330. The maximum absolute atomic E-state index is 12.6. The van der Waals surface area contributed by atoms with Crippen LogP contribution in [0.3, 0.4) is 0 Å². The van der Waals surface area contributed by atoms with E-state index in [2.05, 4.69) is 20.5 Å². The summed E-state index contributed by atoms with van der Waals surface area (Å²) >= 11 is 0. The van der Waals surface area contributed by atoms with Crippen molar-refractivity contribution in [1.82, 2.24) is 4.57 Å². The molecule has 3 rings (SSSR count). The van der Waals surface area contributed by atoms with Gasteiger partial charge in [-0.05, 0) is 63.6 Å². The highest BCUT2D eigenvalue weighted by molar-refractivity contribution is 5.59. The summed E-state index contributed by atoms with van der Waals surface area (Å²) in [6, 6.07) is 18.2. The Bertz CT molecular complexity index is 1270. The van der Waals surface area contributed by atoms with E-state index >= 15 is 0 Å². The molecule has 174 valence electrons. The van der Waals surface area contributed by atoms with Gasteiger partial charge in [-0.1, -0.05) is 18.2 Å². The van der Waals surface area contributed by atoms with Gasteiger partial charge in [0.25, 0.3) is 5.56 Å². The smallest absolute Gasteiger partial charge is 0.271 e. The standard InChI is InChI=1S/C25H26N6O3/c1-17(2)34-15-7-14-31-24(32)22(16-26)18(3)23(25(31)33)30-29-21-12-10-20(11-13-21)28-27-19-8-5-4-6-9-19/h4-6,8-13,17,33H,7,14-15H2,1-3H3. The van der Waals surface area contributed by atoms with E-state index in [-0.39, 0.29) is 35.3 Å². The quantitative estimate of drug-likeness (QED) is 0.295. The number of nitriles is 1. The molecular formula is C25H26N6O3. The van der Waals surface area contributed by atoms with E-state index in [1.807, 2.05) is 50.2 Å². The van der Waals surface area contributed by atoms with Gasteiger partial charge in [-0.2, -0.15) is 20.6 Å². The molecule has 1 aromatic heterocycles. The Kier molecular flexibility index (Phi) is 8.37. The molecule has 0 saturated heterocycles. The van der Waals surface area contributed by atoms with Crippen molar-refractivity contribution in [1.29, 1.82) is 5.26 Å². The molecule has 0 aliphatic heterocycles. The molecule has 0 saturated carbocycles. The number of pyridine rings is 1. The lowest BCUT2D eigenvalue weighted by atomic mass is 10.1. The molecule has 0 aliphatic carbocycles. The normalized spacial score (nSPS) is 11.5. The van der Waals surface area contributed by atoms with Crippen molar-refractivity contribution < 1.29 is 9.84 Å². The van der Waals surface area contributed by atoms with Gasteiger partial charge >= 0.3 is 0 Å². The fourth-order valence-corrected chi connectivity index (χ4v) is 3.11. The molecule has 2 aromatic carbocycles. The van der Waals surface area contributed by atoms with Crippen molar-refractivity contribution in [2.75, 3.05) is 6.61 Å². The van der Waals surface area contributed by atoms with Gasteiger partial charge in [-0.25, -0.2) is 0 Å². The van der Waals surface area contributed by atoms with Crippen molar-refractivity contribution in [3.05, 3.63) is 76.1 Å². The molecule has 0 amide bonds. The third-order valence-electron chi connectivity index (χ3n) is 4.90. The van der Waals surface area contributed by atoms with Crippen LogP contribution in [0, 0.1) is 18.3 Å². The van der Waals surface area contributed by atoms with Crippen LogP contribution in [-0.4, -0.2) is 22.4 Å².